The number of aliphatic hydroxyl groups excluding tert-OH is 2. The van der Waals surface area contributed by atoms with Crippen LogP contribution in [0.1, 0.15) is 12.6 Å². The first-order valence-corrected chi connectivity index (χ1v) is 5.61. The minimum Gasteiger partial charge on any atom is -0.394 e. The molecule has 2 aromatic heterocycles. The highest BCUT2D eigenvalue weighted by atomic mass is 16.5. The molecule has 0 saturated carbocycles. The standard InChI is InChI=1S/C9H11N5O5/c15-2-3-1-4(16)8(19-3)14-6-5(11-13-12-6)7(17)10-9(14)18/h3-4,8,15-16H,1-2H2,(H,10,17,18)(H,11,12,13)/t3-,4?,8+/m0/s1. The molecule has 1 saturated heterocycles. The highest BCUT2D eigenvalue weighted by molar-refractivity contribution is 5.67. The third kappa shape index (κ3) is 1.77. The highest BCUT2D eigenvalue weighted by Crippen LogP contribution is 2.28. The molecule has 19 heavy (non-hydrogen) atoms. The summed E-state index contributed by atoms with van der Waals surface area (Å²) in [5.74, 6) is 0. The van der Waals surface area contributed by atoms with E-state index in [2.05, 4.69) is 20.4 Å². The van der Waals surface area contributed by atoms with Crippen LogP contribution >= 0.6 is 0 Å². The van der Waals surface area contributed by atoms with Gasteiger partial charge in [-0.2, -0.15) is 5.21 Å². The van der Waals surface area contributed by atoms with Crippen LogP contribution in [-0.4, -0.2) is 54.0 Å². The van der Waals surface area contributed by atoms with Gasteiger partial charge in [-0.1, -0.05) is 0 Å². The van der Waals surface area contributed by atoms with Gasteiger partial charge in [0.15, 0.2) is 17.4 Å². The molecule has 1 aliphatic rings. The summed E-state index contributed by atoms with van der Waals surface area (Å²) in [5, 5.41) is 28.5. The van der Waals surface area contributed by atoms with E-state index in [1.165, 1.54) is 0 Å². The first-order valence-electron chi connectivity index (χ1n) is 5.61. The Morgan fingerprint density at radius 1 is 1.42 bits per heavy atom. The lowest BCUT2D eigenvalue weighted by molar-refractivity contribution is -0.0508. The molecular weight excluding hydrogens is 258 g/mol. The zero-order valence-corrected chi connectivity index (χ0v) is 9.61. The molecule has 3 heterocycles. The number of aliphatic hydroxyl groups is 2. The largest absolute Gasteiger partial charge is 0.394 e. The summed E-state index contributed by atoms with van der Waals surface area (Å²) in [4.78, 5) is 25.4. The minimum absolute atomic E-state index is 0.00334. The summed E-state index contributed by atoms with van der Waals surface area (Å²) < 4.78 is 6.38. The molecule has 102 valence electrons. The smallest absolute Gasteiger partial charge is 0.332 e. The Bertz CT molecular complexity index is 718. The fraction of sp³-hybridized carbons (Fsp3) is 0.556. The van der Waals surface area contributed by atoms with Gasteiger partial charge in [0, 0.05) is 6.42 Å². The summed E-state index contributed by atoms with van der Waals surface area (Å²) in [7, 11) is 0. The quantitative estimate of drug-likeness (QED) is 0.469. The van der Waals surface area contributed by atoms with E-state index in [-0.39, 0.29) is 24.2 Å². The molecule has 0 spiro atoms. The van der Waals surface area contributed by atoms with Gasteiger partial charge < -0.3 is 14.9 Å². The van der Waals surface area contributed by atoms with Crippen LogP contribution in [0.2, 0.25) is 0 Å². The monoisotopic (exact) mass is 269 g/mol. The maximum Gasteiger partial charge on any atom is 0.332 e. The van der Waals surface area contributed by atoms with Gasteiger partial charge in [-0.3, -0.25) is 9.78 Å². The number of H-pyrrole nitrogens is 2. The summed E-state index contributed by atoms with van der Waals surface area (Å²) in [6.07, 6.45) is -2.39. The van der Waals surface area contributed by atoms with Gasteiger partial charge in [0.1, 0.15) is 6.10 Å². The van der Waals surface area contributed by atoms with Gasteiger partial charge in [-0.25, -0.2) is 9.36 Å². The Kier molecular flexibility index (Phi) is 2.69. The molecule has 3 atom stereocenters. The fourth-order valence-electron chi connectivity index (χ4n) is 2.17. The molecule has 4 N–H and O–H groups in total. The summed E-state index contributed by atoms with van der Waals surface area (Å²) in [6.45, 7) is -0.270. The molecule has 0 amide bonds. The van der Waals surface area contributed by atoms with Crippen molar-refractivity contribution < 1.29 is 14.9 Å². The normalized spacial score (nSPS) is 27.2. The molecule has 1 unspecified atom stereocenters. The molecule has 2 aromatic rings. The maximum absolute atomic E-state index is 11.9. The predicted octanol–water partition coefficient (Wildman–Crippen LogP) is -2.55. The Balaban J connectivity index is 2.18. The van der Waals surface area contributed by atoms with Crippen LogP contribution in [0.5, 0.6) is 0 Å². The second kappa shape index (κ2) is 4.26. The number of fused-ring (bicyclic) bond motifs is 1. The third-order valence-corrected chi connectivity index (χ3v) is 3.04. The zero-order chi connectivity index (χ0) is 13.6. The number of hydrogen-bond donors (Lipinski definition) is 4. The van der Waals surface area contributed by atoms with Crippen molar-refractivity contribution in [3.63, 3.8) is 0 Å². The van der Waals surface area contributed by atoms with E-state index in [1.54, 1.807) is 0 Å². The van der Waals surface area contributed by atoms with Crippen LogP contribution in [0.3, 0.4) is 0 Å². The van der Waals surface area contributed by atoms with Gasteiger partial charge in [0.25, 0.3) is 5.56 Å². The van der Waals surface area contributed by atoms with Crippen molar-refractivity contribution in [3.05, 3.63) is 20.8 Å². The highest BCUT2D eigenvalue weighted by Gasteiger charge is 2.37. The second-order valence-electron chi connectivity index (χ2n) is 4.26. The molecule has 0 aromatic carbocycles. The number of ether oxygens (including phenoxy) is 1. The number of nitrogens with zero attached hydrogens (tertiary/aromatic N) is 3. The lowest BCUT2D eigenvalue weighted by Gasteiger charge is -2.16. The van der Waals surface area contributed by atoms with Gasteiger partial charge in [0.05, 0.1) is 12.7 Å². The molecule has 0 bridgehead atoms. The number of aromatic amines is 2. The van der Waals surface area contributed by atoms with Crippen LogP contribution in [-0.2, 0) is 4.74 Å². The first-order chi connectivity index (χ1) is 9.11. The molecule has 0 radical (unpaired) electrons. The molecule has 10 nitrogen and oxygen atoms in total. The van der Waals surface area contributed by atoms with Gasteiger partial charge >= 0.3 is 5.69 Å². The Labute approximate surface area is 104 Å². The zero-order valence-electron chi connectivity index (χ0n) is 9.61. The van der Waals surface area contributed by atoms with Crippen molar-refractivity contribution in [1.29, 1.82) is 0 Å². The van der Waals surface area contributed by atoms with Crippen molar-refractivity contribution in [2.24, 2.45) is 0 Å². The van der Waals surface area contributed by atoms with E-state index < -0.39 is 29.7 Å². The minimum atomic E-state index is -1.02. The summed E-state index contributed by atoms with van der Waals surface area (Å²) in [5.41, 5.74) is -1.48. The first kappa shape index (κ1) is 12.0. The van der Waals surface area contributed by atoms with Crippen molar-refractivity contribution >= 4 is 11.2 Å². The van der Waals surface area contributed by atoms with E-state index in [0.717, 1.165) is 4.57 Å². The predicted molar refractivity (Wildman–Crippen MR) is 60.4 cm³/mol. The van der Waals surface area contributed by atoms with Crippen LogP contribution in [0.25, 0.3) is 11.2 Å². The van der Waals surface area contributed by atoms with E-state index in [4.69, 9.17) is 9.84 Å². The van der Waals surface area contributed by atoms with Crippen LogP contribution < -0.4 is 11.2 Å². The lowest BCUT2D eigenvalue weighted by Crippen LogP contribution is -2.36. The topological polar surface area (TPSA) is 146 Å². The Hall–Kier alpha value is -2.04. The van der Waals surface area contributed by atoms with E-state index >= 15 is 0 Å². The number of rotatable bonds is 2. The SMILES string of the molecule is O=c1[nH]c(=O)n([C@@H]2O[C@H](CO)CC2O)c2n[nH]nc12. The maximum atomic E-state index is 11.9. The number of nitrogens with one attached hydrogen (secondary N) is 2. The number of hydrogen-bond acceptors (Lipinski definition) is 7. The van der Waals surface area contributed by atoms with Gasteiger partial charge in [-0.15, -0.1) is 10.2 Å². The van der Waals surface area contributed by atoms with Gasteiger partial charge in [0.2, 0.25) is 0 Å². The average Bonchev–Trinajstić information content (AvgIpc) is 2.97. The van der Waals surface area contributed by atoms with Crippen molar-refractivity contribution in [1.82, 2.24) is 25.0 Å². The molecular formula is C9H11N5O5. The van der Waals surface area contributed by atoms with Crippen molar-refractivity contribution in [2.45, 2.75) is 24.9 Å². The summed E-state index contributed by atoms with van der Waals surface area (Å²) in [6, 6.07) is 0. The Morgan fingerprint density at radius 3 is 2.89 bits per heavy atom. The molecule has 1 fully saturated rings. The van der Waals surface area contributed by atoms with Gasteiger partial charge in [-0.05, 0) is 0 Å². The fourth-order valence-corrected chi connectivity index (χ4v) is 2.17. The molecule has 3 rings (SSSR count). The lowest BCUT2D eigenvalue weighted by atomic mass is 10.2. The average molecular weight is 269 g/mol. The van der Waals surface area contributed by atoms with Crippen molar-refractivity contribution in [3.8, 4) is 0 Å². The van der Waals surface area contributed by atoms with Crippen LogP contribution in [0.15, 0.2) is 9.59 Å². The third-order valence-electron chi connectivity index (χ3n) is 3.04. The second-order valence-corrected chi connectivity index (χ2v) is 4.26. The van der Waals surface area contributed by atoms with Crippen molar-refractivity contribution in [2.75, 3.05) is 6.61 Å². The van der Waals surface area contributed by atoms with Crippen LogP contribution in [0.4, 0.5) is 0 Å². The number of aromatic nitrogens is 5. The Morgan fingerprint density at radius 2 is 2.21 bits per heavy atom. The molecule has 1 aliphatic heterocycles. The van der Waals surface area contributed by atoms with Crippen LogP contribution in [0, 0.1) is 0 Å². The molecule has 0 aliphatic carbocycles. The van der Waals surface area contributed by atoms with E-state index in [1.807, 2.05) is 0 Å². The summed E-state index contributed by atoms with van der Waals surface area (Å²) >= 11 is 0. The molecule has 10 heteroatoms. The van der Waals surface area contributed by atoms with E-state index in [9.17, 15) is 14.7 Å². The van der Waals surface area contributed by atoms with E-state index in [0.29, 0.717) is 0 Å².